The molecular weight excluding hydrogens is 258 g/mol. The van der Waals surface area contributed by atoms with Crippen molar-refractivity contribution in [2.24, 2.45) is 0 Å². The quantitative estimate of drug-likeness (QED) is 0.723. The number of fused-ring (bicyclic) bond motifs is 1. The lowest BCUT2D eigenvalue weighted by Gasteiger charge is -2.13. The Morgan fingerprint density at radius 3 is 2.20 bits per heavy atom. The van der Waals surface area contributed by atoms with Crippen LogP contribution in [0, 0.1) is 0 Å². The minimum atomic E-state index is -1.20. The van der Waals surface area contributed by atoms with E-state index in [0.717, 1.165) is 12.8 Å². The van der Waals surface area contributed by atoms with Crippen molar-refractivity contribution in [2.75, 3.05) is 10.6 Å². The van der Waals surface area contributed by atoms with Gasteiger partial charge in [0, 0.05) is 6.42 Å². The minimum absolute atomic E-state index is 0.298. The Hall–Kier alpha value is -2.37. The van der Waals surface area contributed by atoms with E-state index in [0.29, 0.717) is 17.8 Å². The van der Waals surface area contributed by atoms with Crippen molar-refractivity contribution >= 4 is 29.1 Å². The van der Waals surface area contributed by atoms with Gasteiger partial charge in [-0.2, -0.15) is 0 Å². The topological polar surface area (TPSA) is 87.3 Å². The Morgan fingerprint density at radius 2 is 1.70 bits per heavy atom. The highest BCUT2D eigenvalue weighted by Crippen LogP contribution is 2.23. The number of para-hydroxylation sites is 2. The summed E-state index contributed by atoms with van der Waals surface area (Å²) in [7, 11) is 0. The van der Waals surface area contributed by atoms with Gasteiger partial charge in [0.25, 0.3) is 11.8 Å². The highest BCUT2D eigenvalue weighted by molar-refractivity contribution is 6.19. The molecule has 20 heavy (non-hydrogen) atoms. The number of rotatable bonds is 4. The van der Waals surface area contributed by atoms with Crippen molar-refractivity contribution in [3.8, 4) is 0 Å². The van der Waals surface area contributed by atoms with Crippen LogP contribution in [0.15, 0.2) is 24.3 Å². The summed E-state index contributed by atoms with van der Waals surface area (Å²) in [5, 5.41) is 7.72. The fraction of sp³-hybridized carbons (Fsp3) is 0.357. The lowest BCUT2D eigenvalue weighted by atomic mass is 10.2. The maximum atomic E-state index is 12.0. The van der Waals surface area contributed by atoms with Crippen LogP contribution in [0.25, 0.3) is 0 Å². The molecule has 0 unspecified atom stereocenters. The summed E-state index contributed by atoms with van der Waals surface area (Å²) in [6.07, 6.45) is 1.91. The van der Waals surface area contributed by atoms with Gasteiger partial charge >= 0.3 is 0 Å². The third kappa shape index (κ3) is 3.14. The zero-order valence-electron chi connectivity index (χ0n) is 11.2. The van der Waals surface area contributed by atoms with Gasteiger partial charge in [-0.05, 0) is 18.6 Å². The largest absolute Gasteiger partial charge is 0.337 e. The second-order valence-electron chi connectivity index (χ2n) is 4.63. The Balaban J connectivity index is 2.10. The van der Waals surface area contributed by atoms with Gasteiger partial charge in [0.2, 0.25) is 5.91 Å². The second-order valence-corrected chi connectivity index (χ2v) is 4.63. The first-order chi connectivity index (χ1) is 9.61. The average Bonchev–Trinajstić information content (AvgIpc) is 2.54. The standard InChI is InChI=1S/C14H17N3O3/c1-2-3-8-11(18)17-12-13(19)15-9-6-4-5-7-10(9)16-14(12)20/h4-7,12H,2-3,8H2,1H3,(H,15,19)(H,16,20)(H,17,18). The first-order valence-corrected chi connectivity index (χ1v) is 6.62. The third-order valence-electron chi connectivity index (χ3n) is 3.03. The van der Waals surface area contributed by atoms with Crippen molar-refractivity contribution in [3.05, 3.63) is 24.3 Å². The van der Waals surface area contributed by atoms with E-state index in [2.05, 4.69) is 16.0 Å². The molecule has 1 aliphatic rings. The van der Waals surface area contributed by atoms with Crippen LogP contribution in [0.3, 0.4) is 0 Å². The number of carbonyl (C=O) groups excluding carboxylic acids is 3. The van der Waals surface area contributed by atoms with Crippen LogP contribution in [-0.2, 0) is 14.4 Å². The SMILES string of the molecule is CCCCC(=O)NC1C(=O)Nc2ccccc2NC1=O. The first kappa shape index (κ1) is 14.0. The molecule has 0 saturated heterocycles. The molecule has 2 rings (SSSR count). The Bertz CT molecular complexity index is 505. The normalized spacial score (nSPS) is 14.8. The van der Waals surface area contributed by atoms with Gasteiger partial charge in [-0.1, -0.05) is 25.5 Å². The van der Waals surface area contributed by atoms with Gasteiger partial charge in [-0.3, -0.25) is 14.4 Å². The van der Waals surface area contributed by atoms with E-state index < -0.39 is 17.9 Å². The molecule has 1 heterocycles. The lowest BCUT2D eigenvalue weighted by molar-refractivity contribution is -0.132. The van der Waals surface area contributed by atoms with Gasteiger partial charge < -0.3 is 16.0 Å². The van der Waals surface area contributed by atoms with Crippen molar-refractivity contribution in [3.63, 3.8) is 0 Å². The molecule has 3 amide bonds. The zero-order valence-corrected chi connectivity index (χ0v) is 11.2. The summed E-state index contributed by atoms with van der Waals surface area (Å²) in [5.74, 6) is -1.36. The molecule has 0 fully saturated rings. The summed E-state index contributed by atoms with van der Waals surface area (Å²) < 4.78 is 0. The molecule has 0 aromatic heterocycles. The average molecular weight is 275 g/mol. The summed E-state index contributed by atoms with van der Waals surface area (Å²) in [6, 6.07) is 5.69. The van der Waals surface area contributed by atoms with Crippen LogP contribution in [-0.4, -0.2) is 23.8 Å². The van der Waals surface area contributed by atoms with Gasteiger partial charge in [0.1, 0.15) is 0 Å². The molecule has 0 radical (unpaired) electrons. The fourth-order valence-corrected chi connectivity index (χ4v) is 1.93. The molecular formula is C14H17N3O3. The van der Waals surface area contributed by atoms with E-state index in [1.165, 1.54) is 0 Å². The van der Waals surface area contributed by atoms with Crippen molar-refractivity contribution in [1.29, 1.82) is 0 Å². The van der Waals surface area contributed by atoms with Crippen LogP contribution < -0.4 is 16.0 Å². The molecule has 0 saturated carbocycles. The second kappa shape index (κ2) is 6.18. The molecule has 0 bridgehead atoms. The number of nitrogens with one attached hydrogen (secondary N) is 3. The zero-order chi connectivity index (χ0) is 14.5. The summed E-state index contributed by atoms with van der Waals surface area (Å²) in [5.41, 5.74) is 1.05. The highest BCUT2D eigenvalue weighted by atomic mass is 16.2. The van der Waals surface area contributed by atoms with E-state index in [9.17, 15) is 14.4 Å². The molecule has 1 aromatic rings. The van der Waals surface area contributed by atoms with Gasteiger partial charge in [0.15, 0.2) is 6.04 Å². The fourth-order valence-electron chi connectivity index (χ4n) is 1.93. The first-order valence-electron chi connectivity index (χ1n) is 6.62. The molecule has 6 nitrogen and oxygen atoms in total. The van der Waals surface area contributed by atoms with Crippen LogP contribution in [0.4, 0.5) is 11.4 Å². The van der Waals surface area contributed by atoms with Crippen molar-refractivity contribution in [2.45, 2.75) is 32.2 Å². The highest BCUT2D eigenvalue weighted by Gasteiger charge is 2.31. The Kier molecular flexibility index (Phi) is 4.34. The Morgan fingerprint density at radius 1 is 1.15 bits per heavy atom. The molecule has 0 atom stereocenters. The van der Waals surface area contributed by atoms with E-state index in [4.69, 9.17) is 0 Å². The van der Waals surface area contributed by atoms with Crippen LogP contribution >= 0.6 is 0 Å². The summed E-state index contributed by atoms with van der Waals surface area (Å²) in [6.45, 7) is 1.97. The lowest BCUT2D eigenvalue weighted by Crippen LogP contribution is -2.50. The van der Waals surface area contributed by atoms with Crippen molar-refractivity contribution in [1.82, 2.24) is 5.32 Å². The predicted octanol–water partition coefficient (Wildman–Crippen LogP) is 1.25. The maximum absolute atomic E-state index is 12.0. The van der Waals surface area contributed by atoms with Gasteiger partial charge in [-0.15, -0.1) is 0 Å². The molecule has 6 heteroatoms. The number of unbranched alkanes of at least 4 members (excludes halogenated alkanes) is 1. The van der Waals surface area contributed by atoms with E-state index >= 15 is 0 Å². The van der Waals surface area contributed by atoms with E-state index in [1.807, 2.05) is 6.92 Å². The molecule has 0 aliphatic carbocycles. The predicted molar refractivity (Wildman–Crippen MR) is 75.2 cm³/mol. The van der Waals surface area contributed by atoms with E-state index in [1.54, 1.807) is 24.3 Å². The molecule has 0 spiro atoms. The Labute approximate surface area is 116 Å². The number of carbonyl (C=O) groups is 3. The van der Waals surface area contributed by atoms with Gasteiger partial charge in [-0.25, -0.2) is 0 Å². The van der Waals surface area contributed by atoms with Crippen LogP contribution in [0.2, 0.25) is 0 Å². The molecule has 1 aliphatic heterocycles. The summed E-state index contributed by atoms with van der Waals surface area (Å²) in [4.78, 5) is 35.7. The summed E-state index contributed by atoms with van der Waals surface area (Å²) >= 11 is 0. The number of hydrogen-bond donors (Lipinski definition) is 3. The van der Waals surface area contributed by atoms with Crippen molar-refractivity contribution < 1.29 is 14.4 Å². The molecule has 3 N–H and O–H groups in total. The van der Waals surface area contributed by atoms with Crippen LogP contribution in [0.1, 0.15) is 26.2 Å². The number of hydrogen-bond acceptors (Lipinski definition) is 3. The number of benzene rings is 1. The van der Waals surface area contributed by atoms with E-state index in [-0.39, 0.29) is 5.91 Å². The van der Waals surface area contributed by atoms with Crippen LogP contribution in [0.5, 0.6) is 0 Å². The number of anilines is 2. The third-order valence-corrected chi connectivity index (χ3v) is 3.03. The smallest absolute Gasteiger partial charge is 0.256 e. The maximum Gasteiger partial charge on any atom is 0.256 e. The monoisotopic (exact) mass is 275 g/mol. The molecule has 106 valence electrons. The number of amides is 3. The van der Waals surface area contributed by atoms with Gasteiger partial charge in [0.05, 0.1) is 11.4 Å². The molecule has 1 aromatic carbocycles. The minimum Gasteiger partial charge on any atom is -0.337 e.